The minimum absolute atomic E-state index is 0.246. The van der Waals surface area contributed by atoms with Gasteiger partial charge in [0.15, 0.2) is 0 Å². The van der Waals surface area contributed by atoms with Crippen LogP contribution in [0, 0.1) is 0 Å². The van der Waals surface area contributed by atoms with Gasteiger partial charge in [0.05, 0.1) is 0 Å². The van der Waals surface area contributed by atoms with Crippen LogP contribution in [-0.4, -0.2) is 22.0 Å². The van der Waals surface area contributed by atoms with Crippen molar-refractivity contribution < 1.29 is 19.4 Å². The molecule has 0 saturated heterocycles. The molecule has 0 aliphatic rings. The van der Waals surface area contributed by atoms with E-state index in [1.807, 2.05) is 0 Å². The molecule has 0 saturated carbocycles. The average Bonchev–Trinajstić information content (AvgIpc) is 2.42. The molecule has 5 heteroatoms. The van der Waals surface area contributed by atoms with E-state index in [9.17, 15) is 9.59 Å². The summed E-state index contributed by atoms with van der Waals surface area (Å²) < 4.78 is 5.07. The molecule has 0 amide bonds. The molecule has 0 aliphatic heterocycles. The first-order valence-electron chi connectivity index (χ1n) is 7.02. The van der Waals surface area contributed by atoms with Gasteiger partial charge in [0.25, 0.3) is 0 Å². The summed E-state index contributed by atoms with van der Waals surface area (Å²) in [5, 5.41) is 8.48. The van der Waals surface area contributed by atoms with Gasteiger partial charge in [-0.25, -0.2) is 4.98 Å². The maximum Gasteiger partial charge on any atom is 0.312 e. The number of carboxylic acids is 1. The zero-order chi connectivity index (χ0) is 14.6. The van der Waals surface area contributed by atoms with Crippen molar-refractivity contribution in [2.75, 3.05) is 0 Å². The van der Waals surface area contributed by atoms with Crippen LogP contribution in [0.5, 0.6) is 5.88 Å². The summed E-state index contributed by atoms with van der Waals surface area (Å²) in [5.74, 6) is -0.650. The van der Waals surface area contributed by atoms with E-state index < -0.39 is 5.97 Å². The summed E-state index contributed by atoms with van der Waals surface area (Å²) in [7, 11) is 0. The Balaban J connectivity index is 1.96. The Morgan fingerprint density at radius 1 is 1.00 bits per heavy atom. The Hall–Kier alpha value is -1.91. The van der Waals surface area contributed by atoms with Gasteiger partial charge < -0.3 is 9.84 Å². The van der Waals surface area contributed by atoms with Crippen molar-refractivity contribution in [2.45, 2.75) is 51.4 Å². The molecule has 1 heterocycles. The van der Waals surface area contributed by atoms with Crippen molar-refractivity contribution in [3.63, 3.8) is 0 Å². The number of rotatable bonds is 10. The summed E-state index contributed by atoms with van der Waals surface area (Å²) in [6, 6.07) is 5.19. The van der Waals surface area contributed by atoms with Crippen molar-refractivity contribution >= 4 is 11.9 Å². The van der Waals surface area contributed by atoms with Gasteiger partial charge in [-0.05, 0) is 18.9 Å². The highest BCUT2D eigenvalue weighted by atomic mass is 16.5. The Morgan fingerprint density at radius 3 is 2.25 bits per heavy atom. The maximum absolute atomic E-state index is 11.5. The molecule has 1 aromatic rings. The van der Waals surface area contributed by atoms with Crippen LogP contribution in [0.3, 0.4) is 0 Å². The molecule has 1 aromatic heterocycles. The van der Waals surface area contributed by atoms with Gasteiger partial charge in [0.2, 0.25) is 5.88 Å². The predicted molar refractivity (Wildman–Crippen MR) is 74.4 cm³/mol. The van der Waals surface area contributed by atoms with E-state index in [2.05, 4.69) is 4.98 Å². The zero-order valence-electron chi connectivity index (χ0n) is 11.6. The molecule has 0 aromatic carbocycles. The number of unbranched alkanes of at least 4 members (excludes halogenated alkanes) is 5. The van der Waals surface area contributed by atoms with Crippen LogP contribution in [0.2, 0.25) is 0 Å². The summed E-state index contributed by atoms with van der Waals surface area (Å²) in [4.78, 5) is 25.7. The molecule has 0 aliphatic carbocycles. The second-order valence-corrected chi connectivity index (χ2v) is 4.66. The molecule has 0 bridgehead atoms. The van der Waals surface area contributed by atoms with Crippen LogP contribution < -0.4 is 4.74 Å². The lowest BCUT2D eigenvalue weighted by Gasteiger charge is -2.03. The smallest absolute Gasteiger partial charge is 0.312 e. The van der Waals surface area contributed by atoms with Gasteiger partial charge in [-0.1, -0.05) is 31.7 Å². The first-order valence-corrected chi connectivity index (χ1v) is 7.02. The first-order chi connectivity index (χ1) is 9.68. The standard InChI is InChI=1S/C15H21NO4/c17-14(18)10-5-3-1-2-4-6-11-15(19)20-13-9-7-8-12-16-13/h7-9,12H,1-6,10-11H2,(H,17,18). The lowest BCUT2D eigenvalue weighted by Crippen LogP contribution is -2.08. The van der Waals surface area contributed by atoms with Gasteiger partial charge in [0.1, 0.15) is 0 Å². The number of nitrogens with zero attached hydrogens (tertiary/aromatic N) is 1. The molecular formula is C15H21NO4. The van der Waals surface area contributed by atoms with E-state index in [1.165, 1.54) is 0 Å². The molecule has 0 unspecified atom stereocenters. The van der Waals surface area contributed by atoms with E-state index >= 15 is 0 Å². The zero-order valence-corrected chi connectivity index (χ0v) is 11.6. The fourth-order valence-corrected chi connectivity index (χ4v) is 1.83. The predicted octanol–water partition coefficient (Wildman–Crippen LogP) is 3.19. The number of hydrogen-bond acceptors (Lipinski definition) is 4. The van der Waals surface area contributed by atoms with Crippen molar-refractivity contribution in [1.29, 1.82) is 0 Å². The monoisotopic (exact) mass is 279 g/mol. The fraction of sp³-hybridized carbons (Fsp3) is 0.533. The number of carbonyl (C=O) groups is 2. The highest BCUT2D eigenvalue weighted by Gasteiger charge is 2.04. The molecule has 0 fully saturated rings. The molecule has 1 N–H and O–H groups in total. The first kappa shape index (κ1) is 16.1. The number of ether oxygens (including phenoxy) is 1. The average molecular weight is 279 g/mol. The molecule has 110 valence electrons. The summed E-state index contributed by atoms with van der Waals surface area (Å²) in [6.45, 7) is 0. The van der Waals surface area contributed by atoms with Crippen LogP contribution in [-0.2, 0) is 9.59 Å². The van der Waals surface area contributed by atoms with Gasteiger partial charge >= 0.3 is 11.9 Å². The number of hydrogen-bond donors (Lipinski definition) is 1. The van der Waals surface area contributed by atoms with Gasteiger partial charge in [-0.3, -0.25) is 9.59 Å². The van der Waals surface area contributed by atoms with Crippen LogP contribution in [0.25, 0.3) is 0 Å². The van der Waals surface area contributed by atoms with E-state index in [1.54, 1.807) is 24.4 Å². The molecule has 0 radical (unpaired) electrons. The second-order valence-electron chi connectivity index (χ2n) is 4.66. The van der Waals surface area contributed by atoms with E-state index in [0.29, 0.717) is 12.3 Å². The van der Waals surface area contributed by atoms with Crippen LogP contribution >= 0.6 is 0 Å². The van der Waals surface area contributed by atoms with Crippen LogP contribution in [0.15, 0.2) is 24.4 Å². The molecule has 0 atom stereocenters. The summed E-state index contributed by atoms with van der Waals surface area (Å²) >= 11 is 0. The highest BCUT2D eigenvalue weighted by Crippen LogP contribution is 2.10. The number of carboxylic acid groups (broad SMARTS) is 1. The maximum atomic E-state index is 11.5. The largest absolute Gasteiger partial charge is 0.481 e. The van der Waals surface area contributed by atoms with Crippen molar-refractivity contribution in [1.82, 2.24) is 4.98 Å². The van der Waals surface area contributed by atoms with Crippen molar-refractivity contribution in [2.24, 2.45) is 0 Å². The Labute approximate surface area is 119 Å². The number of esters is 1. The Morgan fingerprint density at radius 2 is 1.65 bits per heavy atom. The van der Waals surface area contributed by atoms with E-state index in [0.717, 1.165) is 38.5 Å². The molecule has 20 heavy (non-hydrogen) atoms. The number of carbonyl (C=O) groups excluding carboxylic acids is 1. The minimum atomic E-state index is -0.734. The number of aliphatic carboxylic acids is 1. The van der Waals surface area contributed by atoms with Gasteiger partial charge in [-0.15, -0.1) is 0 Å². The molecule has 0 spiro atoms. The quantitative estimate of drug-likeness (QED) is 0.525. The third kappa shape index (κ3) is 8.24. The topological polar surface area (TPSA) is 76.5 Å². The van der Waals surface area contributed by atoms with Gasteiger partial charge in [-0.2, -0.15) is 0 Å². The lowest BCUT2D eigenvalue weighted by molar-refractivity contribution is -0.137. The van der Waals surface area contributed by atoms with Crippen LogP contribution in [0.1, 0.15) is 51.4 Å². The summed E-state index contributed by atoms with van der Waals surface area (Å²) in [5.41, 5.74) is 0. The van der Waals surface area contributed by atoms with E-state index in [-0.39, 0.29) is 12.4 Å². The molecule has 1 rings (SSSR count). The third-order valence-corrected chi connectivity index (χ3v) is 2.88. The third-order valence-electron chi connectivity index (χ3n) is 2.88. The SMILES string of the molecule is O=C(O)CCCCCCCCC(=O)Oc1ccccn1. The highest BCUT2D eigenvalue weighted by molar-refractivity contribution is 5.71. The molecular weight excluding hydrogens is 258 g/mol. The van der Waals surface area contributed by atoms with Gasteiger partial charge in [0, 0.05) is 25.1 Å². The Bertz CT molecular complexity index is 406. The van der Waals surface area contributed by atoms with Crippen molar-refractivity contribution in [3.8, 4) is 5.88 Å². The normalized spacial score (nSPS) is 10.2. The van der Waals surface area contributed by atoms with E-state index in [4.69, 9.17) is 9.84 Å². The Kier molecular flexibility index (Phi) is 8.03. The minimum Gasteiger partial charge on any atom is -0.481 e. The molecule has 5 nitrogen and oxygen atoms in total. The summed E-state index contributed by atoms with van der Waals surface area (Å²) in [6.07, 6.45) is 7.69. The fourth-order valence-electron chi connectivity index (χ4n) is 1.83. The van der Waals surface area contributed by atoms with Crippen molar-refractivity contribution in [3.05, 3.63) is 24.4 Å². The van der Waals surface area contributed by atoms with Crippen LogP contribution in [0.4, 0.5) is 0 Å². The second kappa shape index (κ2) is 9.95. The number of pyridine rings is 1. The number of aromatic nitrogens is 1. The lowest BCUT2D eigenvalue weighted by atomic mass is 10.1.